The summed E-state index contributed by atoms with van der Waals surface area (Å²) in [5, 5.41) is 5.54. The van der Waals surface area contributed by atoms with Crippen LogP contribution in [0, 0.1) is 5.82 Å². The number of carbonyl (C=O) groups is 1. The number of nitrogens with one attached hydrogen (secondary N) is 2. The summed E-state index contributed by atoms with van der Waals surface area (Å²) in [5.41, 5.74) is 0.458. The number of ether oxygens (including phenoxy) is 1. The van der Waals surface area contributed by atoms with Crippen molar-refractivity contribution in [2.24, 2.45) is 0 Å². The standard InChI is InChI=1S/C14H19FN2O2.ClH/c1-16-8-7-14(18)17-10-5-6-13(12(15)9-10)19-11-3-2-4-11;/h5-6,9,11,16H,2-4,7-8H2,1H3,(H,17,18);1H. The SMILES string of the molecule is CNCCC(=O)Nc1ccc(OC2CCC2)c(F)c1.Cl. The number of halogens is 2. The van der Waals surface area contributed by atoms with Gasteiger partial charge in [-0.1, -0.05) is 0 Å². The molecule has 0 atom stereocenters. The molecule has 2 rings (SSSR count). The van der Waals surface area contributed by atoms with E-state index in [0.29, 0.717) is 18.7 Å². The van der Waals surface area contributed by atoms with Crippen molar-refractivity contribution in [2.75, 3.05) is 18.9 Å². The summed E-state index contributed by atoms with van der Waals surface area (Å²) in [5.74, 6) is -0.308. The molecule has 0 spiro atoms. The van der Waals surface area contributed by atoms with Crippen molar-refractivity contribution in [2.45, 2.75) is 31.8 Å². The van der Waals surface area contributed by atoms with E-state index in [1.165, 1.54) is 6.07 Å². The highest BCUT2D eigenvalue weighted by Crippen LogP contribution is 2.28. The zero-order valence-electron chi connectivity index (χ0n) is 11.4. The number of benzene rings is 1. The molecular formula is C14H20ClFN2O2. The van der Waals surface area contributed by atoms with Gasteiger partial charge in [0.15, 0.2) is 11.6 Å². The Bertz CT molecular complexity index is 453. The second kappa shape index (κ2) is 8.07. The zero-order chi connectivity index (χ0) is 13.7. The third kappa shape index (κ3) is 4.65. The average molecular weight is 303 g/mol. The van der Waals surface area contributed by atoms with E-state index < -0.39 is 5.82 Å². The van der Waals surface area contributed by atoms with Crippen molar-refractivity contribution in [1.29, 1.82) is 0 Å². The molecule has 0 aromatic heterocycles. The topological polar surface area (TPSA) is 50.4 Å². The van der Waals surface area contributed by atoms with Crippen LogP contribution in [0.3, 0.4) is 0 Å². The summed E-state index contributed by atoms with van der Waals surface area (Å²) in [6, 6.07) is 4.53. The average Bonchev–Trinajstić information content (AvgIpc) is 2.33. The molecule has 0 saturated heterocycles. The molecule has 0 radical (unpaired) electrons. The number of hydrogen-bond donors (Lipinski definition) is 2. The lowest BCUT2D eigenvalue weighted by atomic mass is 9.96. The predicted octanol–water partition coefficient (Wildman–Crippen LogP) is 2.73. The molecule has 1 fully saturated rings. The van der Waals surface area contributed by atoms with E-state index in [9.17, 15) is 9.18 Å². The molecule has 1 amide bonds. The van der Waals surface area contributed by atoms with Gasteiger partial charge in [0.1, 0.15) is 0 Å². The van der Waals surface area contributed by atoms with Crippen molar-refractivity contribution in [3.8, 4) is 5.75 Å². The highest BCUT2D eigenvalue weighted by molar-refractivity contribution is 5.90. The first-order chi connectivity index (χ1) is 9.19. The number of anilines is 1. The van der Waals surface area contributed by atoms with Crippen molar-refractivity contribution in [1.82, 2.24) is 5.32 Å². The third-order valence-corrected chi connectivity index (χ3v) is 3.16. The Morgan fingerprint density at radius 1 is 1.45 bits per heavy atom. The van der Waals surface area contributed by atoms with Gasteiger partial charge in [0.25, 0.3) is 0 Å². The summed E-state index contributed by atoms with van der Waals surface area (Å²) in [7, 11) is 1.78. The van der Waals surface area contributed by atoms with Crippen LogP contribution in [0.5, 0.6) is 5.75 Å². The molecule has 0 unspecified atom stereocenters. The molecule has 1 saturated carbocycles. The first kappa shape index (κ1) is 16.7. The fraction of sp³-hybridized carbons (Fsp3) is 0.500. The summed E-state index contributed by atoms with van der Waals surface area (Å²) in [4.78, 5) is 11.5. The van der Waals surface area contributed by atoms with E-state index in [1.807, 2.05) is 0 Å². The van der Waals surface area contributed by atoms with Gasteiger partial charge < -0.3 is 15.4 Å². The number of carbonyl (C=O) groups excluding carboxylic acids is 1. The van der Waals surface area contributed by atoms with Crippen LogP contribution in [0.2, 0.25) is 0 Å². The summed E-state index contributed by atoms with van der Waals surface area (Å²) in [6.07, 6.45) is 3.62. The Morgan fingerprint density at radius 3 is 2.75 bits per heavy atom. The van der Waals surface area contributed by atoms with E-state index >= 15 is 0 Å². The maximum absolute atomic E-state index is 13.8. The fourth-order valence-electron chi connectivity index (χ4n) is 1.80. The minimum absolute atomic E-state index is 0. The molecular weight excluding hydrogens is 283 g/mol. The van der Waals surface area contributed by atoms with E-state index in [2.05, 4.69) is 10.6 Å². The summed E-state index contributed by atoms with van der Waals surface area (Å²) in [6.45, 7) is 0.594. The number of rotatable bonds is 6. The van der Waals surface area contributed by atoms with Crippen molar-refractivity contribution in [3.63, 3.8) is 0 Å². The van der Waals surface area contributed by atoms with Gasteiger partial charge in [-0.2, -0.15) is 0 Å². The molecule has 0 heterocycles. The minimum atomic E-state index is -0.432. The molecule has 0 bridgehead atoms. The third-order valence-electron chi connectivity index (χ3n) is 3.16. The Labute approximate surface area is 124 Å². The Morgan fingerprint density at radius 2 is 2.20 bits per heavy atom. The van der Waals surface area contributed by atoms with Gasteiger partial charge in [0.05, 0.1) is 6.10 Å². The van der Waals surface area contributed by atoms with Crippen LogP contribution in [0.15, 0.2) is 18.2 Å². The van der Waals surface area contributed by atoms with Gasteiger partial charge in [0, 0.05) is 24.7 Å². The molecule has 1 aliphatic rings. The summed E-state index contributed by atoms with van der Waals surface area (Å²) >= 11 is 0. The van der Waals surface area contributed by atoms with Crippen molar-refractivity contribution in [3.05, 3.63) is 24.0 Å². The zero-order valence-corrected chi connectivity index (χ0v) is 12.3. The molecule has 6 heteroatoms. The van der Waals surface area contributed by atoms with E-state index in [0.717, 1.165) is 19.3 Å². The number of amides is 1. The molecule has 1 aromatic carbocycles. The lowest BCUT2D eigenvalue weighted by molar-refractivity contribution is -0.116. The molecule has 4 nitrogen and oxygen atoms in total. The van der Waals surface area contributed by atoms with Gasteiger partial charge in [0.2, 0.25) is 5.91 Å². The van der Waals surface area contributed by atoms with Crippen LogP contribution >= 0.6 is 12.4 Å². The normalized spacial score (nSPS) is 14.1. The van der Waals surface area contributed by atoms with Crippen LogP contribution in [-0.2, 0) is 4.79 Å². The van der Waals surface area contributed by atoms with Crippen molar-refractivity contribution < 1.29 is 13.9 Å². The van der Waals surface area contributed by atoms with E-state index in [1.54, 1.807) is 19.2 Å². The monoisotopic (exact) mass is 302 g/mol. The van der Waals surface area contributed by atoms with Gasteiger partial charge in [-0.3, -0.25) is 4.79 Å². The van der Waals surface area contributed by atoms with Crippen LogP contribution < -0.4 is 15.4 Å². The van der Waals surface area contributed by atoms with Crippen LogP contribution in [0.4, 0.5) is 10.1 Å². The summed E-state index contributed by atoms with van der Waals surface area (Å²) < 4.78 is 19.3. The minimum Gasteiger partial charge on any atom is -0.487 e. The molecule has 1 aliphatic carbocycles. The molecule has 2 N–H and O–H groups in total. The Balaban J connectivity index is 0.00000200. The largest absolute Gasteiger partial charge is 0.487 e. The lowest BCUT2D eigenvalue weighted by Gasteiger charge is -2.26. The van der Waals surface area contributed by atoms with Gasteiger partial charge in [-0.05, 0) is 38.4 Å². The van der Waals surface area contributed by atoms with Gasteiger partial charge in [-0.15, -0.1) is 12.4 Å². The van der Waals surface area contributed by atoms with Gasteiger partial charge >= 0.3 is 0 Å². The Hall–Kier alpha value is -1.33. The highest BCUT2D eigenvalue weighted by atomic mass is 35.5. The first-order valence-electron chi connectivity index (χ1n) is 6.59. The van der Waals surface area contributed by atoms with Crippen LogP contribution in [-0.4, -0.2) is 25.6 Å². The van der Waals surface area contributed by atoms with Crippen molar-refractivity contribution >= 4 is 24.0 Å². The van der Waals surface area contributed by atoms with E-state index in [-0.39, 0.29) is 30.2 Å². The maximum atomic E-state index is 13.8. The highest BCUT2D eigenvalue weighted by Gasteiger charge is 2.20. The lowest BCUT2D eigenvalue weighted by Crippen LogP contribution is -2.25. The van der Waals surface area contributed by atoms with Crippen LogP contribution in [0.25, 0.3) is 0 Å². The second-order valence-electron chi connectivity index (χ2n) is 4.72. The Kier molecular flexibility index (Phi) is 6.75. The van der Waals surface area contributed by atoms with E-state index in [4.69, 9.17) is 4.74 Å². The molecule has 20 heavy (non-hydrogen) atoms. The molecule has 0 aliphatic heterocycles. The fourth-order valence-corrected chi connectivity index (χ4v) is 1.80. The number of hydrogen-bond acceptors (Lipinski definition) is 3. The maximum Gasteiger partial charge on any atom is 0.225 e. The first-order valence-corrected chi connectivity index (χ1v) is 6.59. The quantitative estimate of drug-likeness (QED) is 0.849. The predicted molar refractivity (Wildman–Crippen MR) is 79.1 cm³/mol. The smallest absolute Gasteiger partial charge is 0.225 e. The molecule has 112 valence electrons. The molecule has 1 aromatic rings. The second-order valence-corrected chi connectivity index (χ2v) is 4.72. The van der Waals surface area contributed by atoms with Gasteiger partial charge in [-0.25, -0.2) is 4.39 Å². The van der Waals surface area contributed by atoms with Crippen LogP contribution in [0.1, 0.15) is 25.7 Å².